The second-order valence-corrected chi connectivity index (χ2v) is 5.50. The molecule has 21 heavy (non-hydrogen) atoms. The van der Waals surface area contributed by atoms with E-state index in [0.29, 0.717) is 12.1 Å². The zero-order valence-electron chi connectivity index (χ0n) is 12.7. The summed E-state index contributed by atoms with van der Waals surface area (Å²) in [5.74, 6) is -0.0471. The van der Waals surface area contributed by atoms with Crippen LogP contribution in [0.4, 0.5) is 5.69 Å². The van der Waals surface area contributed by atoms with Gasteiger partial charge >= 0.3 is 0 Å². The van der Waals surface area contributed by atoms with Gasteiger partial charge in [0.05, 0.1) is 5.69 Å². The SMILES string of the molecule is Cc1nn(C)c(C)c1CNC(=O)c1ccc2c(c1)NCC2. The monoisotopic (exact) mass is 284 g/mol. The molecule has 110 valence electrons. The fourth-order valence-electron chi connectivity index (χ4n) is 2.78. The van der Waals surface area contributed by atoms with Crippen LogP contribution in [0, 0.1) is 13.8 Å². The van der Waals surface area contributed by atoms with Crippen LogP contribution in [-0.2, 0) is 20.0 Å². The van der Waals surface area contributed by atoms with Crippen molar-refractivity contribution in [3.63, 3.8) is 0 Å². The number of carbonyl (C=O) groups is 1. The van der Waals surface area contributed by atoms with E-state index in [1.165, 1.54) is 5.56 Å². The number of hydrogen-bond acceptors (Lipinski definition) is 3. The molecule has 0 atom stereocenters. The highest BCUT2D eigenvalue weighted by atomic mass is 16.1. The summed E-state index contributed by atoms with van der Waals surface area (Å²) in [6.07, 6.45) is 1.03. The standard InChI is InChI=1S/C16H20N4O/c1-10-14(11(2)20(3)19-10)9-18-16(21)13-5-4-12-6-7-17-15(12)8-13/h4-5,8,17H,6-7,9H2,1-3H3,(H,18,21). The molecular formula is C16H20N4O. The summed E-state index contributed by atoms with van der Waals surface area (Å²) in [6, 6.07) is 5.86. The molecular weight excluding hydrogens is 264 g/mol. The smallest absolute Gasteiger partial charge is 0.251 e. The van der Waals surface area contributed by atoms with Crippen LogP contribution in [0.15, 0.2) is 18.2 Å². The van der Waals surface area contributed by atoms with E-state index in [4.69, 9.17) is 0 Å². The number of anilines is 1. The highest BCUT2D eigenvalue weighted by Crippen LogP contribution is 2.23. The third-order valence-corrected chi connectivity index (χ3v) is 4.17. The normalized spacial score (nSPS) is 12.9. The van der Waals surface area contributed by atoms with Gasteiger partial charge in [0.25, 0.3) is 5.91 Å². The molecule has 5 heteroatoms. The quantitative estimate of drug-likeness (QED) is 0.905. The fraction of sp³-hybridized carbons (Fsp3) is 0.375. The molecule has 0 radical (unpaired) electrons. The molecule has 0 saturated heterocycles. The minimum Gasteiger partial charge on any atom is -0.384 e. The van der Waals surface area contributed by atoms with Gasteiger partial charge in [-0.1, -0.05) is 6.07 Å². The number of amides is 1. The Bertz CT molecular complexity index is 703. The Labute approximate surface area is 124 Å². The number of aromatic nitrogens is 2. The molecule has 1 aromatic heterocycles. The summed E-state index contributed by atoms with van der Waals surface area (Å²) in [5, 5.41) is 10.6. The van der Waals surface area contributed by atoms with E-state index < -0.39 is 0 Å². The molecule has 0 saturated carbocycles. The molecule has 0 fully saturated rings. The van der Waals surface area contributed by atoms with Crippen LogP contribution in [0.2, 0.25) is 0 Å². The molecule has 0 unspecified atom stereocenters. The van der Waals surface area contributed by atoms with E-state index in [1.807, 2.05) is 43.8 Å². The molecule has 1 aliphatic heterocycles. The summed E-state index contributed by atoms with van der Waals surface area (Å²) < 4.78 is 1.84. The molecule has 2 heterocycles. The third kappa shape index (κ3) is 2.51. The lowest BCUT2D eigenvalue weighted by Crippen LogP contribution is -2.23. The molecule has 1 aromatic carbocycles. The van der Waals surface area contributed by atoms with Crippen LogP contribution >= 0.6 is 0 Å². The van der Waals surface area contributed by atoms with Crippen molar-refractivity contribution in [1.82, 2.24) is 15.1 Å². The Morgan fingerprint density at radius 1 is 1.43 bits per heavy atom. The van der Waals surface area contributed by atoms with Gasteiger partial charge in [0.15, 0.2) is 0 Å². The Morgan fingerprint density at radius 3 is 2.95 bits per heavy atom. The first-order chi connectivity index (χ1) is 10.1. The minimum absolute atomic E-state index is 0.0471. The predicted molar refractivity (Wildman–Crippen MR) is 82.5 cm³/mol. The molecule has 1 amide bonds. The van der Waals surface area contributed by atoms with Crippen molar-refractivity contribution in [2.24, 2.45) is 7.05 Å². The number of carbonyl (C=O) groups excluding carboxylic acids is 1. The number of benzene rings is 1. The van der Waals surface area contributed by atoms with Crippen molar-refractivity contribution in [1.29, 1.82) is 0 Å². The Kier molecular flexibility index (Phi) is 3.41. The van der Waals surface area contributed by atoms with Crippen LogP contribution in [-0.4, -0.2) is 22.2 Å². The van der Waals surface area contributed by atoms with Gasteiger partial charge in [-0.25, -0.2) is 0 Å². The van der Waals surface area contributed by atoms with E-state index in [1.54, 1.807) is 0 Å². The summed E-state index contributed by atoms with van der Waals surface area (Å²) in [5.41, 5.74) is 6.20. The predicted octanol–water partition coefficient (Wildman–Crippen LogP) is 1.93. The van der Waals surface area contributed by atoms with E-state index in [9.17, 15) is 4.79 Å². The highest BCUT2D eigenvalue weighted by Gasteiger charge is 2.15. The van der Waals surface area contributed by atoms with Gasteiger partial charge in [-0.2, -0.15) is 5.10 Å². The van der Waals surface area contributed by atoms with Gasteiger partial charge in [0.1, 0.15) is 0 Å². The lowest BCUT2D eigenvalue weighted by Gasteiger charge is -2.08. The topological polar surface area (TPSA) is 59.0 Å². The fourth-order valence-corrected chi connectivity index (χ4v) is 2.78. The molecule has 0 aliphatic carbocycles. The van der Waals surface area contributed by atoms with E-state index in [-0.39, 0.29) is 5.91 Å². The van der Waals surface area contributed by atoms with Gasteiger partial charge in [-0.3, -0.25) is 9.48 Å². The summed E-state index contributed by atoms with van der Waals surface area (Å²) in [4.78, 5) is 12.3. The van der Waals surface area contributed by atoms with E-state index >= 15 is 0 Å². The second kappa shape index (κ2) is 5.24. The first-order valence-corrected chi connectivity index (χ1v) is 7.20. The summed E-state index contributed by atoms with van der Waals surface area (Å²) >= 11 is 0. The average molecular weight is 284 g/mol. The van der Waals surface area contributed by atoms with Crippen molar-refractivity contribution in [2.75, 3.05) is 11.9 Å². The molecule has 5 nitrogen and oxygen atoms in total. The zero-order chi connectivity index (χ0) is 15.0. The molecule has 3 rings (SSSR count). The lowest BCUT2D eigenvalue weighted by atomic mass is 10.1. The number of nitrogens with one attached hydrogen (secondary N) is 2. The Hall–Kier alpha value is -2.30. The number of rotatable bonds is 3. The number of aryl methyl sites for hydroxylation is 2. The first kappa shape index (κ1) is 13.7. The van der Waals surface area contributed by atoms with Gasteiger partial charge in [-0.05, 0) is 38.0 Å². The maximum absolute atomic E-state index is 12.3. The van der Waals surface area contributed by atoms with E-state index in [2.05, 4.69) is 15.7 Å². The van der Waals surface area contributed by atoms with Gasteiger partial charge in [-0.15, -0.1) is 0 Å². The second-order valence-electron chi connectivity index (χ2n) is 5.50. The summed E-state index contributed by atoms with van der Waals surface area (Å²) in [7, 11) is 1.92. The van der Waals surface area contributed by atoms with Crippen molar-refractivity contribution in [3.8, 4) is 0 Å². The molecule has 1 aliphatic rings. The van der Waals surface area contributed by atoms with Crippen molar-refractivity contribution >= 4 is 11.6 Å². The number of fused-ring (bicyclic) bond motifs is 1. The average Bonchev–Trinajstić information content (AvgIpc) is 3.02. The maximum Gasteiger partial charge on any atom is 0.251 e. The lowest BCUT2D eigenvalue weighted by molar-refractivity contribution is 0.0951. The number of nitrogens with zero attached hydrogens (tertiary/aromatic N) is 2. The Balaban J connectivity index is 1.72. The van der Waals surface area contributed by atoms with Crippen molar-refractivity contribution in [3.05, 3.63) is 46.3 Å². The zero-order valence-corrected chi connectivity index (χ0v) is 12.7. The van der Waals surface area contributed by atoms with Crippen LogP contribution in [0.3, 0.4) is 0 Å². The van der Waals surface area contributed by atoms with Gasteiger partial charge in [0, 0.05) is 42.6 Å². The van der Waals surface area contributed by atoms with E-state index in [0.717, 1.165) is 35.6 Å². The van der Waals surface area contributed by atoms with Crippen LogP contribution in [0.1, 0.15) is 32.9 Å². The van der Waals surface area contributed by atoms with Crippen molar-refractivity contribution in [2.45, 2.75) is 26.8 Å². The summed E-state index contributed by atoms with van der Waals surface area (Å²) in [6.45, 7) is 5.44. The highest BCUT2D eigenvalue weighted by molar-refractivity contribution is 5.95. The van der Waals surface area contributed by atoms with Gasteiger partial charge in [0.2, 0.25) is 0 Å². The van der Waals surface area contributed by atoms with Crippen LogP contribution < -0.4 is 10.6 Å². The van der Waals surface area contributed by atoms with Gasteiger partial charge < -0.3 is 10.6 Å². The first-order valence-electron chi connectivity index (χ1n) is 7.20. The number of hydrogen-bond donors (Lipinski definition) is 2. The van der Waals surface area contributed by atoms with Crippen molar-refractivity contribution < 1.29 is 4.79 Å². The molecule has 0 bridgehead atoms. The molecule has 0 spiro atoms. The minimum atomic E-state index is -0.0471. The van der Waals surface area contributed by atoms with Crippen LogP contribution in [0.5, 0.6) is 0 Å². The maximum atomic E-state index is 12.3. The Morgan fingerprint density at radius 2 is 2.24 bits per heavy atom. The third-order valence-electron chi connectivity index (χ3n) is 4.17. The largest absolute Gasteiger partial charge is 0.384 e. The molecule has 2 aromatic rings. The van der Waals surface area contributed by atoms with Crippen LogP contribution in [0.25, 0.3) is 0 Å². The molecule has 2 N–H and O–H groups in total.